The first-order valence-corrected chi connectivity index (χ1v) is 6.21. The molecule has 0 spiro atoms. The summed E-state index contributed by atoms with van der Waals surface area (Å²) in [7, 11) is 0. The molecule has 1 heterocycles. The SMILES string of the molecule is CC(C)CC(O)C1SCCS1. The second kappa shape index (κ2) is 4.63. The van der Waals surface area contributed by atoms with Gasteiger partial charge < -0.3 is 5.11 Å². The van der Waals surface area contributed by atoms with Crippen molar-refractivity contribution in [3.05, 3.63) is 0 Å². The normalized spacial score (nSPS) is 22.9. The van der Waals surface area contributed by atoms with E-state index in [1.807, 2.05) is 23.5 Å². The molecule has 0 radical (unpaired) electrons. The van der Waals surface area contributed by atoms with Crippen molar-refractivity contribution in [2.24, 2.45) is 5.92 Å². The van der Waals surface area contributed by atoms with Crippen molar-refractivity contribution in [1.82, 2.24) is 0 Å². The Morgan fingerprint density at radius 2 is 1.91 bits per heavy atom. The van der Waals surface area contributed by atoms with Crippen LogP contribution in [0.2, 0.25) is 0 Å². The number of aliphatic hydroxyl groups is 1. The van der Waals surface area contributed by atoms with Crippen molar-refractivity contribution in [3.8, 4) is 0 Å². The van der Waals surface area contributed by atoms with E-state index in [9.17, 15) is 5.11 Å². The fourth-order valence-electron chi connectivity index (χ4n) is 1.19. The van der Waals surface area contributed by atoms with E-state index >= 15 is 0 Å². The predicted molar refractivity (Wildman–Crippen MR) is 54.2 cm³/mol. The summed E-state index contributed by atoms with van der Waals surface area (Å²) in [6.45, 7) is 4.32. The van der Waals surface area contributed by atoms with Crippen LogP contribution in [0.4, 0.5) is 0 Å². The minimum absolute atomic E-state index is 0.0903. The van der Waals surface area contributed by atoms with Gasteiger partial charge in [0.15, 0.2) is 0 Å². The standard InChI is InChI=1S/C8H16OS2/c1-6(2)5-7(9)8-10-3-4-11-8/h6-9H,3-5H2,1-2H3. The van der Waals surface area contributed by atoms with Gasteiger partial charge in [-0.15, -0.1) is 23.5 Å². The molecule has 1 rings (SSSR count). The van der Waals surface area contributed by atoms with Crippen molar-refractivity contribution >= 4 is 23.5 Å². The first kappa shape index (κ1) is 9.75. The molecule has 0 aromatic heterocycles. The molecule has 1 N–H and O–H groups in total. The van der Waals surface area contributed by atoms with E-state index in [0.29, 0.717) is 10.5 Å². The Bertz CT molecular complexity index is 111. The molecule has 0 bridgehead atoms. The topological polar surface area (TPSA) is 20.2 Å². The third-order valence-electron chi connectivity index (χ3n) is 1.67. The van der Waals surface area contributed by atoms with Crippen LogP contribution in [0.5, 0.6) is 0 Å². The van der Waals surface area contributed by atoms with E-state index < -0.39 is 0 Å². The van der Waals surface area contributed by atoms with E-state index in [1.54, 1.807) is 0 Å². The maximum Gasteiger partial charge on any atom is 0.0761 e. The molecular formula is C8H16OS2. The van der Waals surface area contributed by atoms with Crippen LogP contribution in [0.25, 0.3) is 0 Å². The van der Waals surface area contributed by atoms with Crippen LogP contribution in [0, 0.1) is 5.92 Å². The molecule has 1 aliphatic rings. The molecule has 1 unspecified atom stereocenters. The van der Waals surface area contributed by atoms with Crippen LogP contribution in [0.1, 0.15) is 20.3 Å². The van der Waals surface area contributed by atoms with Gasteiger partial charge in [-0.05, 0) is 12.3 Å². The second-order valence-corrected chi connectivity index (χ2v) is 6.10. The third kappa shape index (κ3) is 3.26. The fourth-order valence-corrected chi connectivity index (χ4v) is 4.06. The average molecular weight is 192 g/mol. The van der Waals surface area contributed by atoms with E-state index in [1.165, 1.54) is 11.5 Å². The first-order valence-electron chi connectivity index (χ1n) is 4.11. The maximum atomic E-state index is 9.68. The van der Waals surface area contributed by atoms with Crippen LogP contribution in [0.3, 0.4) is 0 Å². The molecule has 1 fully saturated rings. The van der Waals surface area contributed by atoms with Crippen LogP contribution < -0.4 is 0 Å². The molecule has 0 aromatic rings. The number of hydrogen-bond acceptors (Lipinski definition) is 3. The Morgan fingerprint density at radius 1 is 1.36 bits per heavy atom. The largest absolute Gasteiger partial charge is 0.391 e. The Kier molecular flexibility index (Phi) is 4.10. The molecular weight excluding hydrogens is 176 g/mol. The summed E-state index contributed by atoms with van der Waals surface area (Å²) in [5, 5.41) is 9.68. The number of hydrogen-bond donors (Lipinski definition) is 1. The molecule has 66 valence electrons. The van der Waals surface area contributed by atoms with E-state index in [0.717, 1.165) is 6.42 Å². The lowest BCUT2D eigenvalue weighted by Crippen LogP contribution is -2.19. The summed E-state index contributed by atoms with van der Waals surface area (Å²) in [5.74, 6) is 3.04. The van der Waals surface area contributed by atoms with Crippen LogP contribution >= 0.6 is 23.5 Å². The monoisotopic (exact) mass is 192 g/mol. The minimum Gasteiger partial charge on any atom is -0.391 e. The van der Waals surface area contributed by atoms with E-state index in [4.69, 9.17) is 0 Å². The second-order valence-electron chi connectivity index (χ2n) is 3.31. The molecule has 3 heteroatoms. The highest BCUT2D eigenvalue weighted by Gasteiger charge is 2.24. The van der Waals surface area contributed by atoms with Crippen LogP contribution in [-0.4, -0.2) is 27.3 Å². The highest BCUT2D eigenvalue weighted by molar-refractivity contribution is 8.20. The zero-order valence-corrected chi connectivity index (χ0v) is 8.75. The van der Waals surface area contributed by atoms with E-state index in [-0.39, 0.29) is 6.10 Å². The highest BCUT2D eigenvalue weighted by Crippen LogP contribution is 2.35. The van der Waals surface area contributed by atoms with Crippen molar-refractivity contribution in [1.29, 1.82) is 0 Å². The molecule has 0 aromatic carbocycles. The Morgan fingerprint density at radius 3 is 2.36 bits per heavy atom. The van der Waals surface area contributed by atoms with Crippen molar-refractivity contribution in [2.75, 3.05) is 11.5 Å². The minimum atomic E-state index is -0.0903. The zero-order chi connectivity index (χ0) is 8.27. The molecule has 1 saturated heterocycles. The van der Waals surface area contributed by atoms with Gasteiger partial charge in [0.25, 0.3) is 0 Å². The first-order chi connectivity index (χ1) is 5.20. The van der Waals surface area contributed by atoms with Crippen LogP contribution in [0.15, 0.2) is 0 Å². The summed E-state index contributed by atoms with van der Waals surface area (Å²) >= 11 is 3.81. The smallest absolute Gasteiger partial charge is 0.0761 e. The van der Waals surface area contributed by atoms with Gasteiger partial charge in [-0.3, -0.25) is 0 Å². The summed E-state index contributed by atoms with van der Waals surface area (Å²) in [4.78, 5) is 0. The summed E-state index contributed by atoms with van der Waals surface area (Å²) in [6.07, 6.45) is 0.859. The molecule has 0 aliphatic carbocycles. The molecule has 1 aliphatic heterocycles. The molecule has 1 atom stereocenters. The van der Waals surface area contributed by atoms with Crippen molar-refractivity contribution in [2.45, 2.75) is 31.0 Å². The highest BCUT2D eigenvalue weighted by atomic mass is 32.2. The number of rotatable bonds is 3. The lowest BCUT2D eigenvalue weighted by atomic mass is 10.1. The van der Waals surface area contributed by atoms with Crippen LogP contribution in [-0.2, 0) is 0 Å². The van der Waals surface area contributed by atoms with Crippen molar-refractivity contribution < 1.29 is 5.11 Å². The quantitative estimate of drug-likeness (QED) is 0.740. The van der Waals surface area contributed by atoms with Gasteiger partial charge in [0.2, 0.25) is 0 Å². The predicted octanol–water partition coefficient (Wildman–Crippen LogP) is 2.20. The van der Waals surface area contributed by atoms with Gasteiger partial charge in [0.1, 0.15) is 0 Å². The molecule has 0 saturated carbocycles. The van der Waals surface area contributed by atoms with Gasteiger partial charge in [0, 0.05) is 11.5 Å². The lowest BCUT2D eigenvalue weighted by Gasteiger charge is -2.17. The van der Waals surface area contributed by atoms with Crippen molar-refractivity contribution in [3.63, 3.8) is 0 Å². The summed E-state index contributed by atoms with van der Waals surface area (Å²) in [5.41, 5.74) is 0. The lowest BCUT2D eigenvalue weighted by molar-refractivity contribution is 0.165. The molecule has 0 amide bonds. The van der Waals surface area contributed by atoms with Gasteiger partial charge in [-0.2, -0.15) is 0 Å². The van der Waals surface area contributed by atoms with Gasteiger partial charge in [-0.1, -0.05) is 13.8 Å². The Hall–Kier alpha value is 0.660. The number of aliphatic hydroxyl groups excluding tert-OH is 1. The third-order valence-corrected chi connectivity index (χ3v) is 4.91. The zero-order valence-electron chi connectivity index (χ0n) is 7.12. The van der Waals surface area contributed by atoms with Gasteiger partial charge in [-0.25, -0.2) is 0 Å². The fraction of sp³-hybridized carbons (Fsp3) is 1.00. The maximum absolute atomic E-state index is 9.68. The molecule has 11 heavy (non-hydrogen) atoms. The van der Waals surface area contributed by atoms with E-state index in [2.05, 4.69) is 13.8 Å². The summed E-state index contributed by atoms with van der Waals surface area (Å²) in [6, 6.07) is 0. The van der Waals surface area contributed by atoms with Gasteiger partial charge >= 0.3 is 0 Å². The average Bonchev–Trinajstić information content (AvgIpc) is 2.35. The van der Waals surface area contributed by atoms with Gasteiger partial charge in [0.05, 0.1) is 10.7 Å². The number of thioether (sulfide) groups is 2. The summed E-state index contributed by atoms with van der Waals surface area (Å²) < 4.78 is 0.456. The molecule has 1 nitrogen and oxygen atoms in total. The Balaban J connectivity index is 2.22. The Labute approximate surface area is 77.3 Å².